The lowest BCUT2D eigenvalue weighted by atomic mass is 9.98. The molecule has 2 nitrogen and oxygen atoms in total. The van der Waals surface area contributed by atoms with Crippen molar-refractivity contribution < 1.29 is 0 Å². The van der Waals surface area contributed by atoms with Gasteiger partial charge in [-0.15, -0.1) is 0 Å². The molecule has 0 radical (unpaired) electrons. The molecule has 0 aromatic carbocycles. The number of rotatable bonds is 3. The van der Waals surface area contributed by atoms with Gasteiger partial charge < -0.3 is 10.6 Å². The van der Waals surface area contributed by atoms with Crippen molar-refractivity contribution in [1.29, 1.82) is 0 Å². The quantitative estimate of drug-likeness (QED) is 0.583. The van der Waals surface area contributed by atoms with Gasteiger partial charge in [-0.2, -0.15) is 0 Å². The smallest absolute Gasteiger partial charge is 0.166 e. The fraction of sp³-hybridized carbons (Fsp3) is 0.824. The predicted molar refractivity (Wildman–Crippen MR) is 93.1 cm³/mol. The second-order valence-electron chi connectivity index (χ2n) is 6.24. The normalized spacial score (nSPS) is 19.4. The summed E-state index contributed by atoms with van der Waals surface area (Å²) in [7, 11) is 0. The van der Waals surface area contributed by atoms with Crippen molar-refractivity contribution in [1.82, 2.24) is 10.6 Å². The summed E-state index contributed by atoms with van der Waals surface area (Å²) < 4.78 is 0. The van der Waals surface area contributed by atoms with Crippen LogP contribution in [0.5, 0.6) is 0 Å². The Morgan fingerprint density at radius 3 is 1.85 bits per heavy atom. The largest absolute Gasteiger partial charge is 0.360 e. The Morgan fingerprint density at radius 2 is 1.40 bits per heavy atom. The van der Waals surface area contributed by atoms with E-state index >= 15 is 0 Å². The Hall–Kier alpha value is -0.570. The highest BCUT2D eigenvalue weighted by molar-refractivity contribution is 7.80. The van der Waals surface area contributed by atoms with Crippen LogP contribution in [-0.4, -0.2) is 17.7 Å². The van der Waals surface area contributed by atoms with E-state index in [1.165, 1.54) is 70.6 Å². The van der Waals surface area contributed by atoms with Gasteiger partial charge in [-0.05, 0) is 32.0 Å². The fourth-order valence-electron chi connectivity index (χ4n) is 2.78. The average Bonchev–Trinajstić information content (AvgIpc) is 2.39. The third kappa shape index (κ3) is 9.35. The number of hydrogen-bond acceptors (Lipinski definition) is 1. The molecule has 1 fully saturated rings. The van der Waals surface area contributed by atoms with Crippen LogP contribution >= 0.6 is 12.2 Å². The molecule has 0 atom stereocenters. The number of thiocarbonyl (C=S) groups is 1. The van der Waals surface area contributed by atoms with Gasteiger partial charge in [0.15, 0.2) is 5.11 Å². The molecule has 1 aliphatic rings. The Morgan fingerprint density at radius 1 is 0.950 bits per heavy atom. The first kappa shape index (κ1) is 17.5. The van der Waals surface area contributed by atoms with Crippen LogP contribution in [-0.2, 0) is 0 Å². The van der Waals surface area contributed by atoms with Crippen molar-refractivity contribution in [2.45, 2.75) is 83.6 Å². The summed E-state index contributed by atoms with van der Waals surface area (Å²) >= 11 is 5.38. The van der Waals surface area contributed by atoms with Crippen molar-refractivity contribution in [2.75, 3.05) is 6.54 Å². The molecule has 3 heteroatoms. The average molecular weight is 297 g/mol. The molecular formula is C17H32N2S. The minimum absolute atomic E-state index is 0.555. The van der Waals surface area contributed by atoms with Gasteiger partial charge in [0.1, 0.15) is 0 Å². The Labute approximate surface area is 130 Å². The first-order chi connectivity index (χ1) is 9.68. The van der Waals surface area contributed by atoms with Crippen LogP contribution in [0.1, 0.15) is 77.6 Å². The molecule has 1 rings (SSSR count). The molecule has 0 aliphatic heterocycles. The molecule has 0 heterocycles. The van der Waals surface area contributed by atoms with E-state index in [1.54, 1.807) is 0 Å². The second-order valence-corrected chi connectivity index (χ2v) is 6.65. The summed E-state index contributed by atoms with van der Waals surface area (Å²) in [6, 6.07) is 0.555. The molecule has 0 amide bonds. The SMILES string of the molecule is C=C(C)CNC(=S)NC1CCCCCCCCCCC1. The molecule has 20 heavy (non-hydrogen) atoms. The summed E-state index contributed by atoms with van der Waals surface area (Å²) in [5.74, 6) is 0. The van der Waals surface area contributed by atoms with E-state index in [2.05, 4.69) is 17.2 Å². The maximum Gasteiger partial charge on any atom is 0.166 e. The molecule has 0 unspecified atom stereocenters. The third-order valence-corrected chi connectivity index (χ3v) is 4.25. The van der Waals surface area contributed by atoms with Crippen LogP contribution < -0.4 is 10.6 Å². The molecule has 0 saturated heterocycles. The third-order valence-electron chi connectivity index (χ3n) is 3.99. The summed E-state index contributed by atoms with van der Waals surface area (Å²) in [6.45, 7) is 6.69. The van der Waals surface area contributed by atoms with Crippen molar-refractivity contribution >= 4 is 17.3 Å². The lowest BCUT2D eigenvalue weighted by molar-refractivity contribution is 0.441. The predicted octanol–water partition coefficient (Wildman–Crippen LogP) is 4.70. The Kier molecular flexibility index (Phi) is 9.73. The van der Waals surface area contributed by atoms with E-state index in [-0.39, 0.29) is 0 Å². The minimum atomic E-state index is 0.555. The standard InChI is InChI=1S/C17H32N2S/c1-15(2)14-18-17(20)19-16-12-10-8-6-4-3-5-7-9-11-13-16/h16H,1,3-14H2,2H3,(H2,18,19,20). The monoisotopic (exact) mass is 296 g/mol. The van der Waals surface area contributed by atoms with Gasteiger partial charge in [0.25, 0.3) is 0 Å². The van der Waals surface area contributed by atoms with Crippen molar-refractivity contribution in [3.8, 4) is 0 Å². The van der Waals surface area contributed by atoms with Crippen LogP contribution in [0.3, 0.4) is 0 Å². The van der Waals surface area contributed by atoms with Gasteiger partial charge in [-0.3, -0.25) is 0 Å². The van der Waals surface area contributed by atoms with Gasteiger partial charge >= 0.3 is 0 Å². The molecule has 0 aromatic heterocycles. The first-order valence-corrected chi connectivity index (χ1v) is 8.78. The highest BCUT2D eigenvalue weighted by Crippen LogP contribution is 2.16. The highest BCUT2D eigenvalue weighted by atomic mass is 32.1. The van der Waals surface area contributed by atoms with E-state index in [4.69, 9.17) is 12.2 Å². The van der Waals surface area contributed by atoms with E-state index in [0.29, 0.717) is 6.04 Å². The van der Waals surface area contributed by atoms with Crippen LogP contribution in [0, 0.1) is 0 Å². The van der Waals surface area contributed by atoms with Gasteiger partial charge in [0.2, 0.25) is 0 Å². The first-order valence-electron chi connectivity index (χ1n) is 8.37. The Balaban J connectivity index is 2.30. The molecule has 2 N–H and O–H groups in total. The zero-order chi connectivity index (χ0) is 14.6. The van der Waals surface area contributed by atoms with Crippen LogP contribution in [0.25, 0.3) is 0 Å². The van der Waals surface area contributed by atoms with E-state index in [1.807, 2.05) is 6.92 Å². The van der Waals surface area contributed by atoms with Crippen LogP contribution in [0.15, 0.2) is 12.2 Å². The zero-order valence-electron chi connectivity index (χ0n) is 13.2. The molecule has 1 aliphatic carbocycles. The van der Waals surface area contributed by atoms with Gasteiger partial charge in [-0.1, -0.05) is 69.9 Å². The second kappa shape index (κ2) is 11.1. The highest BCUT2D eigenvalue weighted by Gasteiger charge is 2.10. The topological polar surface area (TPSA) is 24.1 Å². The lowest BCUT2D eigenvalue weighted by Gasteiger charge is -2.21. The van der Waals surface area contributed by atoms with E-state index in [9.17, 15) is 0 Å². The van der Waals surface area contributed by atoms with Crippen LogP contribution in [0.2, 0.25) is 0 Å². The van der Waals surface area contributed by atoms with E-state index in [0.717, 1.165) is 17.2 Å². The van der Waals surface area contributed by atoms with Crippen molar-refractivity contribution in [3.05, 3.63) is 12.2 Å². The molecular weight excluding hydrogens is 264 g/mol. The summed E-state index contributed by atoms with van der Waals surface area (Å²) in [5.41, 5.74) is 1.12. The summed E-state index contributed by atoms with van der Waals surface area (Å²) in [6.07, 6.45) is 15.1. The maximum absolute atomic E-state index is 5.38. The molecule has 0 bridgehead atoms. The zero-order valence-corrected chi connectivity index (χ0v) is 14.0. The van der Waals surface area contributed by atoms with Crippen molar-refractivity contribution in [3.63, 3.8) is 0 Å². The van der Waals surface area contributed by atoms with E-state index < -0.39 is 0 Å². The van der Waals surface area contributed by atoms with Crippen molar-refractivity contribution in [2.24, 2.45) is 0 Å². The molecule has 116 valence electrons. The van der Waals surface area contributed by atoms with Gasteiger partial charge in [0.05, 0.1) is 0 Å². The number of nitrogens with one attached hydrogen (secondary N) is 2. The number of hydrogen-bond donors (Lipinski definition) is 2. The summed E-state index contributed by atoms with van der Waals surface area (Å²) in [4.78, 5) is 0. The Bertz CT molecular complexity index is 277. The fourth-order valence-corrected chi connectivity index (χ4v) is 3.01. The molecule has 1 saturated carbocycles. The maximum atomic E-state index is 5.38. The van der Waals surface area contributed by atoms with Crippen LogP contribution in [0.4, 0.5) is 0 Å². The molecule has 0 aromatic rings. The van der Waals surface area contributed by atoms with Gasteiger partial charge in [0, 0.05) is 12.6 Å². The van der Waals surface area contributed by atoms with Gasteiger partial charge in [-0.25, -0.2) is 0 Å². The minimum Gasteiger partial charge on any atom is -0.360 e. The summed E-state index contributed by atoms with van der Waals surface area (Å²) in [5, 5.41) is 7.54. The lowest BCUT2D eigenvalue weighted by Crippen LogP contribution is -2.42. The molecule has 0 spiro atoms.